The summed E-state index contributed by atoms with van der Waals surface area (Å²) in [4.78, 5) is 23.9. The highest BCUT2D eigenvalue weighted by molar-refractivity contribution is 6.34. The number of methoxy groups -OCH3 is 1. The second-order valence-corrected chi connectivity index (χ2v) is 6.19. The van der Waals surface area contributed by atoms with Gasteiger partial charge in [0.25, 0.3) is 0 Å². The number of hydrogen-bond donors (Lipinski definition) is 1. The van der Waals surface area contributed by atoms with Crippen molar-refractivity contribution in [1.82, 2.24) is 0 Å². The van der Waals surface area contributed by atoms with Crippen LogP contribution in [-0.2, 0) is 9.53 Å². The Kier molecular flexibility index (Phi) is 3.78. The lowest BCUT2D eigenvalue weighted by molar-refractivity contribution is -0.141. The van der Waals surface area contributed by atoms with Gasteiger partial charge in [0.1, 0.15) is 0 Å². The van der Waals surface area contributed by atoms with E-state index in [1.54, 1.807) is 19.1 Å². The zero-order valence-corrected chi connectivity index (χ0v) is 12.8. The van der Waals surface area contributed by atoms with Gasteiger partial charge in [-0.15, -0.1) is 0 Å². The predicted molar refractivity (Wildman–Crippen MR) is 78.5 cm³/mol. The van der Waals surface area contributed by atoms with Gasteiger partial charge in [0, 0.05) is 17.5 Å². The second kappa shape index (κ2) is 5.09. The number of carbonyl (C=O) groups excluding carboxylic acids is 2. The van der Waals surface area contributed by atoms with E-state index in [1.807, 2.05) is 13.8 Å². The summed E-state index contributed by atoms with van der Waals surface area (Å²) in [6.07, 6.45) is 0.395. The maximum absolute atomic E-state index is 12.3. The summed E-state index contributed by atoms with van der Waals surface area (Å²) in [5, 5.41) is 3.73. The van der Waals surface area contributed by atoms with E-state index >= 15 is 0 Å². The van der Waals surface area contributed by atoms with E-state index in [4.69, 9.17) is 16.3 Å². The highest BCUT2D eigenvalue weighted by atomic mass is 35.5. The molecule has 1 aliphatic heterocycles. The Morgan fingerprint density at radius 3 is 2.70 bits per heavy atom. The molecule has 1 aliphatic rings. The van der Waals surface area contributed by atoms with Crippen molar-refractivity contribution in [2.45, 2.75) is 38.6 Å². The van der Waals surface area contributed by atoms with Crippen LogP contribution in [0.1, 0.15) is 49.0 Å². The Bertz CT molecular complexity index is 581. The second-order valence-electron chi connectivity index (χ2n) is 5.78. The molecular formula is C15H18ClNO3. The molecule has 1 N–H and O–H groups in total. The first-order chi connectivity index (χ1) is 9.25. The molecule has 1 unspecified atom stereocenters. The van der Waals surface area contributed by atoms with Crippen LogP contribution in [-0.4, -0.2) is 24.4 Å². The fourth-order valence-electron chi connectivity index (χ4n) is 2.42. The van der Waals surface area contributed by atoms with Crippen molar-refractivity contribution in [1.29, 1.82) is 0 Å². The molecule has 0 saturated carbocycles. The summed E-state index contributed by atoms with van der Waals surface area (Å²) in [7, 11) is 1.34. The standard InChI is InChI=1S/C15H18ClNO3/c1-8(14(19)20-4)9-5-10-12(18)7-15(2,3)17-13(10)11(16)6-9/h5-6,8,17H,7H2,1-4H3. The maximum Gasteiger partial charge on any atom is 0.312 e. The number of esters is 1. The molecule has 1 aromatic rings. The van der Waals surface area contributed by atoms with Crippen molar-refractivity contribution in [2.75, 3.05) is 12.4 Å². The molecule has 0 amide bonds. The minimum Gasteiger partial charge on any atom is -0.469 e. The third-order valence-corrected chi connectivity index (χ3v) is 3.83. The zero-order chi connectivity index (χ0) is 15.1. The molecular weight excluding hydrogens is 278 g/mol. The Morgan fingerprint density at radius 2 is 2.10 bits per heavy atom. The maximum atomic E-state index is 12.3. The van der Waals surface area contributed by atoms with Crippen LogP contribution in [0, 0.1) is 0 Å². The van der Waals surface area contributed by atoms with Crippen molar-refractivity contribution >= 4 is 29.0 Å². The van der Waals surface area contributed by atoms with Gasteiger partial charge in [0.15, 0.2) is 5.78 Å². The highest BCUT2D eigenvalue weighted by Gasteiger charge is 2.32. The van der Waals surface area contributed by atoms with Gasteiger partial charge in [0.2, 0.25) is 0 Å². The molecule has 0 bridgehead atoms. The predicted octanol–water partition coefficient (Wildman–Crippen LogP) is 3.39. The summed E-state index contributed by atoms with van der Waals surface area (Å²) < 4.78 is 4.73. The Hall–Kier alpha value is -1.55. The van der Waals surface area contributed by atoms with E-state index in [1.165, 1.54) is 7.11 Å². The number of ketones is 1. The number of rotatable bonds is 2. The van der Waals surface area contributed by atoms with Gasteiger partial charge in [0.05, 0.1) is 23.7 Å². The minimum absolute atomic E-state index is 0.0320. The number of carbonyl (C=O) groups is 2. The van der Waals surface area contributed by atoms with E-state index < -0.39 is 5.92 Å². The summed E-state index contributed by atoms with van der Waals surface area (Å²) in [6.45, 7) is 5.64. The smallest absolute Gasteiger partial charge is 0.312 e. The minimum atomic E-state index is -0.453. The van der Waals surface area contributed by atoms with Crippen molar-refractivity contribution in [2.24, 2.45) is 0 Å². The number of halogens is 1. The number of nitrogens with one attached hydrogen (secondary N) is 1. The molecule has 4 nitrogen and oxygen atoms in total. The summed E-state index contributed by atoms with van der Waals surface area (Å²) in [5.74, 6) is -0.771. The number of hydrogen-bond acceptors (Lipinski definition) is 4. The Labute approximate surface area is 123 Å². The van der Waals surface area contributed by atoms with E-state index in [0.29, 0.717) is 28.3 Å². The molecule has 1 aromatic carbocycles. The van der Waals surface area contributed by atoms with Crippen LogP contribution in [0.5, 0.6) is 0 Å². The summed E-state index contributed by atoms with van der Waals surface area (Å²) in [5.41, 5.74) is 1.57. The van der Waals surface area contributed by atoms with Gasteiger partial charge in [-0.3, -0.25) is 9.59 Å². The largest absolute Gasteiger partial charge is 0.469 e. The number of benzene rings is 1. The van der Waals surface area contributed by atoms with Crippen LogP contribution in [0.25, 0.3) is 0 Å². The Balaban J connectivity index is 2.49. The van der Waals surface area contributed by atoms with Crippen LogP contribution in [0.15, 0.2) is 12.1 Å². The van der Waals surface area contributed by atoms with E-state index in [9.17, 15) is 9.59 Å². The molecule has 0 aliphatic carbocycles. The van der Waals surface area contributed by atoms with Crippen molar-refractivity contribution in [3.8, 4) is 0 Å². The zero-order valence-electron chi connectivity index (χ0n) is 12.0. The van der Waals surface area contributed by atoms with Crippen LogP contribution in [0.3, 0.4) is 0 Å². The van der Waals surface area contributed by atoms with Crippen LogP contribution >= 0.6 is 11.6 Å². The first kappa shape index (κ1) is 14.9. The van der Waals surface area contributed by atoms with Gasteiger partial charge in [-0.05, 0) is 38.5 Å². The lowest BCUT2D eigenvalue weighted by Gasteiger charge is -2.33. The first-order valence-electron chi connectivity index (χ1n) is 6.48. The van der Waals surface area contributed by atoms with Gasteiger partial charge >= 0.3 is 5.97 Å². The summed E-state index contributed by atoms with van der Waals surface area (Å²) in [6, 6.07) is 3.44. The number of ether oxygens (including phenoxy) is 1. The quantitative estimate of drug-likeness (QED) is 0.850. The SMILES string of the molecule is COC(=O)C(C)c1cc(Cl)c2c(c1)C(=O)CC(C)(C)N2. The average Bonchev–Trinajstić information content (AvgIpc) is 2.37. The fraction of sp³-hybridized carbons (Fsp3) is 0.467. The molecule has 0 aromatic heterocycles. The van der Waals surface area contributed by atoms with Crippen LogP contribution in [0.2, 0.25) is 5.02 Å². The average molecular weight is 296 g/mol. The normalized spacial score (nSPS) is 17.9. The number of fused-ring (bicyclic) bond motifs is 1. The molecule has 0 spiro atoms. The molecule has 20 heavy (non-hydrogen) atoms. The van der Waals surface area contributed by atoms with Crippen molar-refractivity contribution < 1.29 is 14.3 Å². The molecule has 108 valence electrons. The van der Waals surface area contributed by atoms with E-state index in [0.717, 1.165) is 0 Å². The van der Waals surface area contributed by atoms with E-state index in [-0.39, 0.29) is 17.3 Å². The van der Waals surface area contributed by atoms with Crippen molar-refractivity contribution in [3.05, 3.63) is 28.3 Å². The fourth-order valence-corrected chi connectivity index (χ4v) is 2.69. The van der Waals surface area contributed by atoms with Gasteiger partial charge in [-0.25, -0.2) is 0 Å². The van der Waals surface area contributed by atoms with E-state index in [2.05, 4.69) is 5.32 Å². The number of Topliss-reactive ketones (excluding diaryl/α,β-unsaturated/α-hetero) is 1. The Morgan fingerprint density at radius 1 is 1.45 bits per heavy atom. The topological polar surface area (TPSA) is 55.4 Å². The molecule has 1 heterocycles. The molecule has 1 atom stereocenters. The molecule has 5 heteroatoms. The highest BCUT2D eigenvalue weighted by Crippen LogP contribution is 2.38. The molecule has 0 fully saturated rings. The molecule has 2 rings (SSSR count). The first-order valence-corrected chi connectivity index (χ1v) is 6.85. The van der Waals surface area contributed by atoms with Crippen molar-refractivity contribution in [3.63, 3.8) is 0 Å². The van der Waals surface area contributed by atoms with Gasteiger partial charge in [-0.2, -0.15) is 0 Å². The van der Waals surface area contributed by atoms with Gasteiger partial charge < -0.3 is 10.1 Å². The number of anilines is 1. The van der Waals surface area contributed by atoms with Gasteiger partial charge in [-0.1, -0.05) is 11.6 Å². The molecule has 0 radical (unpaired) electrons. The lowest BCUT2D eigenvalue weighted by atomic mass is 9.86. The third kappa shape index (κ3) is 2.66. The van der Waals surface area contributed by atoms with Crippen LogP contribution in [0.4, 0.5) is 5.69 Å². The molecule has 0 saturated heterocycles. The summed E-state index contributed by atoms with van der Waals surface area (Å²) >= 11 is 6.27. The van der Waals surface area contributed by atoms with Crippen LogP contribution < -0.4 is 5.32 Å². The third-order valence-electron chi connectivity index (χ3n) is 3.53. The lowest BCUT2D eigenvalue weighted by Crippen LogP contribution is -2.38. The monoisotopic (exact) mass is 295 g/mol.